The molecule has 4 nitrogen and oxygen atoms in total. The van der Waals surface area contributed by atoms with E-state index in [1.807, 2.05) is 0 Å². The summed E-state index contributed by atoms with van der Waals surface area (Å²) in [6.45, 7) is 5.87. The lowest BCUT2D eigenvalue weighted by Gasteiger charge is -2.21. The van der Waals surface area contributed by atoms with Crippen molar-refractivity contribution in [2.75, 3.05) is 6.61 Å². The Hall–Kier alpha value is -1.59. The minimum atomic E-state index is -2.99. The van der Waals surface area contributed by atoms with E-state index in [9.17, 15) is 13.6 Å². The van der Waals surface area contributed by atoms with Gasteiger partial charge < -0.3 is 4.74 Å². The third kappa shape index (κ3) is 3.00. The highest BCUT2D eigenvalue weighted by Gasteiger charge is 2.35. The van der Waals surface area contributed by atoms with Crippen LogP contribution < -0.4 is 0 Å². The molecule has 1 heterocycles. The molecule has 0 fully saturated rings. The van der Waals surface area contributed by atoms with Crippen molar-refractivity contribution in [3.05, 3.63) is 23.8 Å². The van der Waals surface area contributed by atoms with Crippen LogP contribution in [-0.2, 0) is 20.9 Å². The second-order valence-corrected chi connectivity index (χ2v) is 4.53. The van der Waals surface area contributed by atoms with Gasteiger partial charge in [0, 0.05) is 19.3 Å². The van der Waals surface area contributed by atoms with Crippen LogP contribution in [0.2, 0.25) is 0 Å². The molecule has 0 unspecified atom stereocenters. The summed E-state index contributed by atoms with van der Waals surface area (Å²) in [4.78, 5) is 19.4. The predicted molar refractivity (Wildman–Crippen MR) is 61.3 cm³/mol. The quantitative estimate of drug-likeness (QED) is 0.778. The highest BCUT2D eigenvalue weighted by atomic mass is 19.3. The van der Waals surface area contributed by atoms with E-state index in [-0.39, 0.29) is 18.0 Å². The van der Waals surface area contributed by atoms with Crippen molar-refractivity contribution in [2.45, 2.75) is 39.0 Å². The van der Waals surface area contributed by atoms with Crippen LogP contribution in [-0.4, -0.2) is 22.5 Å². The molecule has 0 bridgehead atoms. The molecule has 0 saturated carbocycles. The Morgan fingerprint density at radius 2 is 1.78 bits per heavy atom. The predicted octanol–water partition coefficient (Wildman–Crippen LogP) is 2.43. The Morgan fingerprint density at radius 3 is 2.17 bits per heavy atom. The number of ether oxygens (including phenoxy) is 1. The average molecular weight is 258 g/mol. The van der Waals surface area contributed by atoms with Crippen LogP contribution in [0, 0.1) is 0 Å². The van der Waals surface area contributed by atoms with E-state index in [0.29, 0.717) is 0 Å². The molecule has 0 radical (unpaired) electrons. The summed E-state index contributed by atoms with van der Waals surface area (Å²) >= 11 is 0. The maximum atomic E-state index is 13.0. The van der Waals surface area contributed by atoms with Crippen LogP contribution in [0.1, 0.15) is 39.1 Å². The summed E-state index contributed by atoms with van der Waals surface area (Å²) in [6, 6.07) is 0. The van der Waals surface area contributed by atoms with Crippen molar-refractivity contribution >= 4 is 5.97 Å². The van der Waals surface area contributed by atoms with Gasteiger partial charge in [-0.1, -0.05) is 0 Å². The van der Waals surface area contributed by atoms with Gasteiger partial charge in [-0.05, 0) is 20.8 Å². The number of carbonyl (C=O) groups is 1. The van der Waals surface area contributed by atoms with Crippen LogP contribution in [0.15, 0.2) is 12.4 Å². The van der Waals surface area contributed by atoms with E-state index >= 15 is 0 Å². The summed E-state index contributed by atoms with van der Waals surface area (Å²) in [6.07, 6.45) is 2.06. The lowest BCUT2D eigenvalue weighted by molar-refractivity contribution is -0.149. The van der Waals surface area contributed by atoms with Gasteiger partial charge in [0.1, 0.15) is 11.2 Å². The van der Waals surface area contributed by atoms with Crippen molar-refractivity contribution in [1.82, 2.24) is 9.97 Å². The summed E-state index contributed by atoms with van der Waals surface area (Å²) < 4.78 is 30.9. The molecule has 0 spiro atoms. The normalized spacial score (nSPS) is 12.3. The molecule has 0 N–H and O–H groups in total. The monoisotopic (exact) mass is 258 g/mol. The third-order valence-electron chi connectivity index (χ3n) is 2.50. The van der Waals surface area contributed by atoms with Crippen molar-refractivity contribution in [3.8, 4) is 0 Å². The van der Waals surface area contributed by atoms with Gasteiger partial charge in [0.2, 0.25) is 0 Å². The molecule has 0 amide bonds. The minimum absolute atomic E-state index is 0.161. The minimum Gasteiger partial charge on any atom is -0.465 e. The van der Waals surface area contributed by atoms with Gasteiger partial charge in [0.15, 0.2) is 0 Å². The fourth-order valence-corrected chi connectivity index (χ4v) is 1.28. The van der Waals surface area contributed by atoms with E-state index in [4.69, 9.17) is 4.74 Å². The molecule has 1 aromatic rings. The fourth-order valence-electron chi connectivity index (χ4n) is 1.28. The Balaban J connectivity index is 3.01. The van der Waals surface area contributed by atoms with Gasteiger partial charge in [-0.2, -0.15) is 0 Å². The highest BCUT2D eigenvalue weighted by Crippen LogP contribution is 2.27. The number of esters is 1. The number of nitrogens with zero attached hydrogens (tertiary/aromatic N) is 2. The van der Waals surface area contributed by atoms with Crippen molar-refractivity contribution in [3.63, 3.8) is 0 Å². The Kier molecular flexibility index (Phi) is 3.98. The summed E-state index contributed by atoms with van der Waals surface area (Å²) in [5.74, 6) is -3.32. The van der Waals surface area contributed by atoms with Gasteiger partial charge >= 0.3 is 5.97 Å². The molecule has 18 heavy (non-hydrogen) atoms. The average Bonchev–Trinajstić information content (AvgIpc) is 2.28. The van der Waals surface area contributed by atoms with E-state index in [1.165, 1.54) is 0 Å². The number of halogens is 2. The molecular formula is C12H16F2N2O2. The smallest absolute Gasteiger partial charge is 0.319 e. The Morgan fingerprint density at radius 1 is 1.28 bits per heavy atom. The van der Waals surface area contributed by atoms with Crippen LogP contribution in [0.3, 0.4) is 0 Å². The number of rotatable bonds is 4. The first-order valence-corrected chi connectivity index (χ1v) is 5.57. The first-order chi connectivity index (χ1) is 8.19. The first kappa shape index (κ1) is 14.5. The molecule has 1 aromatic heterocycles. The zero-order chi connectivity index (χ0) is 14.0. The lowest BCUT2D eigenvalue weighted by atomic mass is 9.92. The molecule has 0 aliphatic heterocycles. The molecule has 0 atom stereocenters. The number of alkyl halides is 2. The SMILES string of the molecule is CCOC(=O)C(C)(C)c1ncc(C(C)(F)F)cn1. The lowest BCUT2D eigenvalue weighted by Crippen LogP contribution is -2.33. The number of carbonyl (C=O) groups excluding carboxylic acids is 1. The molecule has 1 rings (SSSR count). The maximum absolute atomic E-state index is 13.0. The number of aromatic nitrogens is 2. The molecule has 0 aliphatic rings. The summed E-state index contributed by atoms with van der Waals surface area (Å²) in [5.41, 5.74) is -1.34. The van der Waals surface area contributed by atoms with Crippen LogP contribution in [0.25, 0.3) is 0 Å². The van der Waals surface area contributed by atoms with Gasteiger partial charge in [-0.15, -0.1) is 0 Å². The van der Waals surface area contributed by atoms with Crippen molar-refractivity contribution < 1.29 is 18.3 Å². The maximum Gasteiger partial charge on any atom is 0.319 e. The Bertz CT molecular complexity index is 425. The van der Waals surface area contributed by atoms with Crippen molar-refractivity contribution in [2.24, 2.45) is 0 Å². The molecule has 100 valence electrons. The molecule has 0 saturated heterocycles. The number of hydrogen-bond acceptors (Lipinski definition) is 4. The van der Waals surface area contributed by atoms with E-state index in [0.717, 1.165) is 19.3 Å². The zero-order valence-electron chi connectivity index (χ0n) is 10.8. The summed E-state index contributed by atoms with van der Waals surface area (Å²) in [7, 11) is 0. The van der Waals surface area contributed by atoms with Gasteiger partial charge in [0.25, 0.3) is 5.92 Å². The summed E-state index contributed by atoms with van der Waals surface area (Å²) in [5, 5.41) is 0. The van der Waals surface area contributed by atoms with E-state index in [1.54, 1.807) is 20.8 Å². The van der Waals surface area contributed by atoms with E-state index in [2.05, 4.69) is 9.97 Å². The molecule has 0 aromatic carbocycles. The third-order valence-corrected chi connectivity index (χ3v) is 2.50. The van der Waals surface area contributed by atoms with Gasteiger partial charge in [-0.25, -0.2) is 18.7 Å². The standard InChI is InChI=1S/C12H16F2N2O2/c1-5-18-10(17)11(2,3)9-15-6-8(7-16-9)12(4,13)14/h6-7H,5H2,1-4H3. The van der Waals surface area contributed by atoms with Gasteiger partial charge in [0.05, 0.1) is 12.2 Å². The van der Waals surface area contributed by atoms with Crippen LogP contribution in [0.5, 0.6) is 0 Å². The first-order valence-electron chi connectivity index (χ1n) is 5.57. The van der Waals surface area contributed by atoms with Gasteiger partial charge in [-0.3, -0.25) is 4.79 Å². The topological polar surface area (TPSA) is 52.1 Å². The van der Waals surface area contributed by atoms with Crippen LogP contribution in [0.4, 0.5) is 8.78 Å². The number of hydrogen-bond donors (Lipinski definition) is 0. The fraction of sp³-hybridized carbons (Fsp3) is 0.583. The zero-order valence-corrected chi connectivity index (χ0v) is 10.8. The molecular weight excluding hydrogens is 242 g/mol. The van der Waals surface area contributed by atoms with Crippen molar-refractivity contribution in [1.29, 1.82) is 0 Å². The Labute approximate surface area is 104 Å². The van der Waals surface area contributed by atoms with Crippen LogP contribution >= 0.6 is 0 Å². The largest absolute Gasteiger partial charge is 0.465 e. The van der Waals surface area contributed by atoms with E-state index < -0.39 is 17.3 Å². The molecule has 6 heteroatoms. The second-order valence-electron chi connectivity index (χ2n) is 4.53. The highest BCUT2D eigenvalue weighted by molar-refractivity contribution is 5.80. The second kappa shape index (κ2) is 4.96. The molecule has 0 aliphatic carbocycles.